The smallest absolute Gasteiger partial charge is 0.366 e. The van der Waals surface area contributed by atoms with Crippen molar-refractivity contribution in [2.24, 2.45) is 11.7 Å². The Hall–Kier alpha value is -2.84. The fraction of sp³-hybridized carbons (Fsp3) is 0.400. The van der Waals surface area contributed by atoms with Crippen LogP contribution in [0.15, 0.2) is 18.7 Å². The zero-order chi connectivity index (χ0) is 21.5. The van der Waals surface area contributed by atoms with Crippen LogP contribution in [0.3, 0.4) is 0 Å². The van der Waals surface area contributed by atoms with E-state index in [1.807, 2.05) is 0 Å². The Morgan fingerprint density at radius 1 is 1.34 bits per heavy atom. The maximum atomic E-state index is 14.9. The van der Waals surface area contributed by atoms with Crippen LogP contribution in [0.5, 0.6) is 0 Å². The maximum Gasteiger partial charge on any atom is 0.431 e. The number of halogens is 4. The summed E-state index contributed by atoms with van der Waals surface area (Å²) in [6.07, 6.45) is -2.06. The minimum absolute atomic E-state index is 0.00960. The molecule has 1 aromatic heterocycles. The zero-order valence-electron chi connectivity index (χ0n) is 15.8. The zero-order valence-corrected chi connectivity index (χ0v) is 15.8. The summed E-state index contributed by atoms with van der Waals surface area (Å²) in [5, 5.41) is 0.0516. The van der Waals surface area contributed by atoms with Crippen LogP contribution in [-0.4, -0.2) is 34.8 Å². The summed E-state index contributed by atoms with van der Waals surface area (Å²) in [5.41, 5.74) is 3.79. The number of hydrogen-bond donors (Lipinski definition) is 2. The van der Waals surface area contributed by atoms with Crippen molar-refractivity contribution in [3.05, 3.63) is 46.9 Å². The third kappa shape index (κ3) is 3.86. The average molecular weight is 411 g/mol. The first-order valence-corrected chi connectivity index (χ1v) is 9.16. The minimum atomic E-state index is -4.68. The second-order valence-electron chi connectivity index (χ2n) is 7.30. The van der Waals surface area contributed by atoms with Gasteiger partial charge in [-0.2, -0.15) is 13.2 Å². The second kappa shape index (κ2) is 7.53. The van der Waals surface area contributed by atoms with Gasteiger partial charge in [0, 0.05) is 18.5 Å². The van der Waals surface area contributed by atoms with Crippen LogP contribution >= 0.6 is 0 Å². The molecule has 0 bridgehead atoms. The van der Waals surface area contributed by atoms with E-state index < -0.39 is 23.6 Å². The Kier molecular flexibility index (Phi) is 5.42. The number of carbonyl (C=O) groups excluding carboxylic acids is 2. The third-order valence-corrected chi connectivity index (χ3v) is 5.52. The number of likely N-dealkylation sites (tertiary alicyclic amines) is 1. The van der Waals surface area contributed by atoms with Crippen LogP contribution in [0, 0.1) is 18.7 Å². The van der Waals surface area contributed by atoms with Crippen molar-refractivity contribution in [1.82, 2.24) is 9.88 Å². The SMILES string of the molecule is C=CC(=O)N1CCC(Cc2c(F)cc(C(N)=O)c3[nH]c(C(F)(F)F)c(C)c23)CC1. The quantitative estimate of drug-likeness (QED) is 0.594. The molecule has 1 aliphatic rings. The predicted octanol–water partition coefficient (Wildman–Crippen LogP) is 3.70. The summed E-state index contributed by atoms with van der Waals surface area (Å²) >= 11 is 0. The standard InChI is InChI=1S/C20H21F4N3O2/c1-3-15(28)27-6-4-11(5-7-27)8-12-14(21)9-13(19(25)29)17-16(12)10(2)18(26-17)20(22,23)24/h3,9,11,26H,1,4-8H2,2H3,(H2,25,29). The van der Waals surface area contributed by atoms with Gasteiger partial charge in [0.25, 0.3) is 5.91 Å². The molecule has 29 heavy (non-hydrogen) atoms. The van der Waals surface area contributed by atoms with E-state index in [9.17, 15) is 27.2 Å². The number of carbonyl (C=O) groups is 2. The number of aryl methyl sites for hydroxylation is 1. The highest BCUT2D eigenvalue weighted by Gasteiger charge is 2.37. The molecule has 0 spiro atoms. The van der Waals surface area contributed by atoms with Gasteiger partial charge < -0.3 is 15.6 Å². The number of primary amides is 1. The predicted molar refractivity (Wildman–Crippen MR) is 99.7 cm³/mol. The van der Waals surface area contributed by atoms with Gasteiger partial charge in [-0.1, -0.05) is 6.58 Å². The number of aromatic nitrogens is 1. The lowest BCUT2D eigenvalue weighted by Crippen LogP contribution is -2.37. The van der Waals surface area contributed by atoms with Gasteiger partial charge in [-0.05, 0) is 55.4 Å². The molecule has 1 aromatic carbocycles. The molecule has 2 amide bonds. The number of nitrogens with two attached hydrogens (primary N) is 1. The van der Waals surface area contributed by atoms with Crippen LogP contribution in [0.2, 0.25) is 0 Å². The molecule has 0 unspecified atom stereocenters. The molecule has 1 saturated heterocycles. The van der Waals surface area contributed by atoms with E-state index in [1.165, 1.54) is 13.0 Å². The van der Waals surface area contributed by atoms with Crippen LogP contribution < -0.4 is 5.73 Å². The molecule has 1 fully saturated rings. The molecule has 3 rings (SSSR count). The van der Waals surface area contributed by atoms with E-state index >= 15 is 0 Å². The summed E-state index contributed by atoms with van der Waals surface area (Å²) in [5.74, 6) is -1.96. The molecule has 0 atom stereocenters. The molecule has 0 saturated carbocycles. The van der Waals surface area contributed by atoms with E-state index in [2.05, 4.69) is 11.6 Å². The first-order valence-electron chi connectivity index (χ1n) is 9.16. The fourth-order valence-corrected chi connectivity index (χ4v) is 4.03. The highest BCUT2D eigenvalue weighted by atomic mass is 19.4. The molecule has 3 N–H and O–H groups in total. The first-order chi connectivity index (χ1) is 13.5. The number of fused-ring (bicyclic) bond motifs is 1. The van der Waals surface area contributed by atoms with Gasteiger partial charge in [0.15, 0.2) is 0 Å². The van der Waals surface area contributed by atoms with Crippen molar-refractivity contribution < 1.29 is 27.2 Å². The second-order valence-corrected chi connectivity index (χ2v) is 7.30. The third-order valence-electron chi connectivity index (χ3n) is 5.52. The molecular formula is C20H21F4N3O2. The van der Waals surface area contributed by atoms with Gasteiger partial charge in [-0.25, -0.2) is 4.39 Å². The number of aromatic amines is 1. The molecule has 5 nitrogen and oxygen atoms in total. The van der Waals surface area contributed by atoms with Crippen molar-refractivity contribution in [2.75, 3.05) is 13.1 Å². The monoisotopic (exact) mass is 411 g/mol. The Morgan fingerprint density at radius 2 is 1.97 bits per heavy atom. The van der Waals surface area contributed by atoms with Crippen LogP contribution in [0.1, 0.15) is 40.0 Å². The highest BCUT2D eigenvalue weighted by molar-refractivity contribution is 6.07. The normalized spacial score (nSPS) is 15.7. The van der Waals surface area contributed by atoms with E-state index in [1.54, 1.807) is 4.90 Å². The topological polar surface area (TPSA) is 79.2 Å². The van der Waals surface area contributed by atoms with Gasteiger partial charge in [0.1, 0.15) is 11.5 Å². The van der Waals surface area contributed by atoms with Gasteiger partial charge in [-0.3, -0.25) is 9.59 Å². The van der Waals surface area contributed by atoms with E-state index in [-0.39, 0.29) is 45.8 Å². The van der Waals surface area contributed by atoms with E-state index in [0.29, 0.717) is 25.9 Å². The van der Waals surface area contributed by atoms with Crippen molar-refractivity contribution in [3.8, 4) is 0 Å². The molecule has 0 radical (unpaired) electrons. The maximum absolute atomic E-state index is 14.9. The lowest BCUT2D eigenvalue weighted by Gasteiger charge is -2.31. The molecule has 0 aliphatic carbocycles. The number of amides is 2. The number of nitrogens with zero attached hydrogens (tertiary/aromatic N) is 1. The molecule has 2 aromatic rings. The number of benzene rings is 1. The number of nitrogens with one attached hydrogen (secondary N) is 1. The highest BCUT2D eigenvalue weighted by Crippen LogP contribution is 2.39. The van der Waals surface area contributed by atoms with Crippen molar-refractivity contribution in [3.63, 3.8) is 0 Å². The summed E-state index contributed by atoms with van der Waals surface area (Å²) in [6.45, 7) is 5.64. The largest absolute Gasteiger partial charge is 0.431 e. The number of hydrogen-bond acceptors (Lipinski definition) is 2. The molecule has 2 heterocycles. The Balaban J connectivity index is 2.02. The molecule has 9 heteroatoms. The van der Waals surface area contributed by atoms with E-state index in [0.717, 1.165) is 6.07 Å². The molecular weight excluding hydrogens is 390 g/mol. The fourth-order valence-electron chi connectivity index (χ4n) is 4.03. The van der Waals surface area contributed by atoms with Gasteiger partial charge in [-0.15, -0.1) is 0 Å². The summed E-state index contributed by atoms with van der Waals surface area (Å²) < 4.78 is 55.0. The lowest BCUT2D eigenvalue weighted by molar-refractivity contribution is -0.141. The summed E-state index contributed by atoms with van der Waals surface area (Å²) in [6, 6.07) is 0.895. The van der Waals surface area contributed by atoms with Crippen LogP contribution in [-0.2, 0) is 17.4 Å². The average Bonchev–Trinajstić information content (AvgIpc) is 3.01. The summed E-state index contributed by atoms with van der Waals surface area (Å²) in [4.78, 5) is 27.2. The minimum Gasteiger partial charge on any atom is -0.366 e. The molecule has 1 aliphatic heterocycles. The lowest BCUT2D eigenvalue weighted by atomic mass is 9.87. The number of piperidine rings is 1. The molecule has 156 valence electrons. The van der Waals surface area contributed by atoms with Crippen molar-refractivity contribution in [2.45, 2.75) is 32.4 Å². The number of H-pyrrole nitrogens is 1. The van der Waals surface area contributed by atoms with E-state index in [4.69, 9.17) is 5.73 Å². The van der Waals surface area contributed by atoms with Gasteiger partial charge >= 0.3 is 6.18 Å². The van der Waals surface area contributed by atoms with Crippen molar-refractivity contribution in [1.29, 1.82) is 0 Å². The summed E-state index contributed by atoms with van der Waals surface area (Å²) in [7, 11) is 0. The number of alkyl halides is 3. The Morgan fingerprint density at radius 3 is 2.48 bits per heavy atom. The Labute approximate surface area is 164 Å². The van der Waals surface area contributed by atoms with Crippen LogP contribution in [0.25, 0.3) is 10.9 Å². The van der Waals surface area contributed by atoms with Gasteiger partial charge in [0.05, 0.1) is 11.1 Å². The van der Waals surface area contributed by atoms with Crippen LogP contribution in [0.4, 0.5) is 17.6 Å². The Bertz CT molecular complexity index is 986. The first kappa shape index (κ1) is 20.9. The van der Waals surface area contributed by atoms with Crippen molar-refractivity contribution >= 4 is 22.7 Å². The van der Waals surface area contributed by atoms with Gasteiger partial charge in [0.2, 0.25) is 5.91 Å². The number of rotatable bonds is 4.